The summed E-state index contributed by atoms with van der Waals surface area (Å²) < 4.78 is 36.7. The number of carboxylic acids is 1. The first kappa shape index (κ1) is 16.4. The third kappa shape index (κ3) is 2.84. The van der Waals surface area contributed by atoms with Crippen LogP contribution >= 0.6 is 0 Å². The Hall–Kier alpha value is -1.93. The third-order valence-electron chi connectivity index (χ3n) is 3.40. The van der Waals surface area contributed by atoms with Crippen LogP contribution < -0.4 is 5.48 Å². The molecule has 0 unspecified atom stereocenters. The second-order valence-corrected chi connectivity index (χ2v) is 6.89. The van der Waals surface area contributed by atoms with Gasteiger partial charge in [0.2, 0.25) is 0 Å². The Labute approximate surface area is 127 Å². The van der Waals surface area contributed by atoms with Crippen molar-refractivity contribution >= 4 is 21.5 Å². The molecule has 1 aliphatic rings. The van der Waals surface area contributed by atoms with E-state index in [9.17, 15) is 22.7 Å². The maximum Gasteiger partial charge on any atom is 0.335 e. The number of aryl methyl sites for hydroxylation is 1. The number of nitrogens with one attached hydrogen (secondary N) is 1. The van der Waals surface area contributed by atoms with Gasteiger partial charge in [-0.15, -0.1) is 0 Å². The van der Waals surface area contributed by atoms with Crippen LogP contribution in [-0.4, -0.2) is 38.5 Å². The molecule has 0 radical (unpaired) electrons. The molecule has 1 aliphatic heterocycles. The highest BCUT2D eigenvalue weighted by Crippen LogP contribution is 2.35. The summed E-state index contributed by atoms with van der Waals surface area (Å²) in [6.45, 7) is 2.19. The highest BCUT2D eigenvalue weighted by atomic mass is 32.2. The lowest BCUT2D eigenvalue weighted by atomic mass is 9.96. The van der Waals surface area contributed by atoms with E-state index in [0.717, 1.165) is 0 Å². The van der Waals surface area contributed by atoms with Gasteiger partial charge in [-0.05, 0) is 37.1 Å². The molecule has 0 spiro atoms. The Morgan fingerprint density at radius 1 is 1.45 bits per heavy atom. The fourth-order valence-electron chi connectivity index (χ4n) is 2.48. The van der Waals surface area contributed by atoms with Gasteiger partial charge in [-0.3, -0.25) is 10.3 Å². The molecule has 6 nitrogen and oxygen atoms in total. The lowest BCUT2D eigenvalue weighted by molar-refractivity contribution is 0.0668. The van der Waals surface area contributed by atoms with E-state index >= 15 is 0 Å². The van der Waals surface area contributed by atoms with Crippen molar-refractivity contribution in [2.45, 2.75) is 18.7 Å². The van der Waals surface area contributed by atoms with Crippen molar-refractivity contribution in [2.24, 2.45) is 0 Å². The Bertz CT molecular complexity index is 755. The van der Waals surface area contributed by atoms with Crippen molar-refractivity contribution in [3.63, 3.8) is 0 Å². The van der Waals surface area contributed by atoms with Crippen molar-refractivity contribution in [1.82, 2.24) is 5.48 Å². The smallest absolute Gasteiger partial charge is 0.335 e. The van der Waals surface area contributed by atoms with Gasteiger partial charge in [0.25, 0.3) is 0 Å². The van der Waals surface area contributed by atoms with Crippen LogP contribution in [0.25, 0.3) is 5.70 Å². The SMILES string of the molecule is Cc1cc(C(=O)O)c(C)c2c1S(=O)(=O)CC=C2NOCCF. The van der Waals surface area contributed by atoms with Crippen LogP contribution in [0.2, 0.25) is 0 Å². The minimum atomic E-state index is -3.54. The molecular formula is C14H16FNO5S. The number of alkyl halides is 1. The van der Waals surface area contributed by atoms with Gasteiger partial charge in [-0.2, -0.15) is 0 Å². The first-order chi connectivity index (χ1) is 10.3. The van der Waals surface area contributed by atoms with Gasteiger partial charge in [0.1, 0.15) is 13.3 Å². The van der Waals surface area contributed by atoms with Crippen LogP contribution in [0.3, 0.4) is 0 Å². The number of halogens is 1. The topological polar surface area (TPSA) is 92.7 Å². The van der Waals surface area contributed by atoms with Crippen molar-refractivity contribution in [3.05, 3.63) is 34.4 Å². The molecule has 1 aromatic carbocycles. The summed E-state index contributed by atoms with van der Waals surface area (Å²) in [6.07, 6.45) is 1.40. The number of fused-ring (bicyclic) bond motifs is 1. The van der Waals surface area contributed by atoms with Gasteiger partial charge in [0.05, 0.1) is 21.9 Å². The number of carbonyl (C=O) groups is 1. The predicted octanol–water partition coefficient (Wildman–Crippen LogP) is 1.62. The van der Waals surface area contributed by atoms with Crippen molar-refractivity contribution in [3.8, 4) is 0 Å². The fourth-order valence-corrected chi connectivity index (χ4v) is 4.15. The summed E-state index contributed by atoms with van der Waals surface area (Å²) in [5.41, 5.74) is 3.81. The van der Waals surface area contributed by atoms with Crippen LogP contribution in [-0.2, 0) is 14.7 Å². The minimum absolute atomic E-state index is 0.0199. The van der Waals surface area contributed by atoms with Crippen LogP contribution in [0.1, 0.15) is 27.0 Å². The predicted molar refractivity (Wildman–Crippen MR) is 78.0 cm³/mol. The quantitative estimate of drug-likeness (QED) is 0.630. The molecule has 2 N–H and O–H groups in total. The summed E-state index contributed by atoms with van der Waals surface area (Å²) >= 11 is 0. The molecule has 0 amide bonds. The molecule has 0 saturated carbocycles. The van der Waals surface area contributed by atoms with E-state index in [2.05, 4.69) is 5.48 Å². The van der Waals surface area contributed by atoms with Crippen molar-refractivity contribution in [1.29, 1.82) is 0 Å². The Morgan fingerprint density at radius 2 is 2.14 bits per heavy atom. The monoisotopic (exact) mass is 329 g/mol. The van der Waals surface area contributed by atoms with Crippen molar-refractivity contribution in [2.75, 3.05) is 19.0 Å². The minimum Gasteiger partial charge on any atom is -0.478 e. The number of hydrogen-bond donors (Lipinski definition) is 2. The van der Waals surface area contributed by atoms with Crippen molar-refractivity contribution < 1.29 is 27.5 Å². The Balaban J connectivity index is 2.65. The summed E-state index contributed by atoms with van der Waals surface area (Å²) in [5, 5.41) is 9.25. The Kier molecular flexibility index (Phi) is 4.52. The number of carboxylic acid groups (broad SMARTS) is 1. The first-order valence-corrected chi connectivity index (χ1v) is 8.19. The summed E-state index contributed by atoms with van der Waals surface area (Å²) in [5.74, 6) is -1.37. The van der Waals surface area contributed by atoms with E-state index < -0.39 is 22.5 Å². The van der Waals surface area contributed by atoms with Gasteiger partial charge >= 0.3 is 5.97 Å². The molecule has 120 valence electrons. The Morgan fingerprint density at radius 3 is 2.73 bits per heavy atom. The number of hydroxylamine groups is 1. The molecule has 8 heteroatoms. The number of sulfone groups is 1. The molecular weight excluding hydrogens is 313 g/mol. The summed E-state index contributed by atoms with van der Waals surface area (Å²) in [4.78, 5) is 16.3. The van der Waals surface area contributed by atoms with E-state index in [1.165, 1.54) is 19.1 Å². The third-order valence-corrected chi connectivity index (χ3v) is 5.16. The molecule has 2 rings (SSSR count). The number of rotatable bonds is 5. The maximum absolute atomic E-state index is 12.3. The maximum atomic E-state index is 12.3. The number of aromatic carboxylic acids is 1. The fraction of sp³-hybridized carbons (Fsp3) is 0.357. The van der Waals surface area contributed by atoms with Gasteiger partial charge in [0, 0.05) is 5.56 Å². The molecule has 1 heterocycles. The second kappa shape index (κ2) is 6.05. The van der Waals surface area contributed by atoms with Crippen LogP contribution in [0, 0.1) is 13.8 Å². The molecule has 0 fully saturated rings. The normalized spacial score (nSPS) is 15.9. The van der Waals surface area contributed by atoms with E-state index in [4.69, 9.17) is 4.84 Å². The molecule has 0 saturated heterocycles. The van der Waals surface area contributed by atoms with Crippen LogP contribution in [0.15, 0.2) is 17.0 Å². The summed E-state index contributed by atoms with van der Waals surface area (Å²) in [7, 11) is -3.54. The first-order valence-electron chi connectivity index (χ1n) is 6.54. The van der Waals surface area contributed by atoms with E-state index in [0.29, 0.717) is 16.8 Å². The molecule has 1 aromatic rings. The molecule has 0 aliphatic carbocycles. The molecule has 0 atom stereocenters. The lowest BCUT2D eigenvalue weighted by Crippen LogP contribution is -2.24. The van der Waals surface area contributed by atoms with Crippen LogP contribution in [0.5, 0.6) is 0 Å². The number of benzene rings is 1. The molecule has 0 bridgehead atoms. The van der Waals surface area contributed by atoms with Gasteiger partial charge in [-0.25, -0.2) is 17.6 Å². The standard InChI is InChI=1S/C14H16FNO5S/c1-8-7-10(14(17)18)9(2)12-11(16-21-5-4-15)3-6-22(19,20)13(8)12/h3,7,16H,4-6H2,1-2H3,(H,17,18). The zero-order valence-corrected chi connectivity index (χ0v) is 13.0. The van der Waals surface area contributed by atoms with E-state index in [1.54, 1.807) is 6.92 Å². The van der Waals surface area contributed by atoms with Gasteiger partial charge in [-0.1, -0.05) is 0 Å². The molecule has 0 aromatic heterocycles. The van der Waals surface area contributed by atoms with E-state index in [-0.39, 0.29) is 28.4 Å². The van der Waals surface area contributed by atoms with Gasteiger partial charge in [0.15, 0.2) is 9.84 Å². The zero-order chi connectivity index (χ0) is 16.5. The van der Waals surface area contributed by atoms with E-state index in [1.807, 2.05) is 0 Å². The summed E-state index contributed by atoms with van der Waals surface area (Å²) in [6, 6.07) is 1.35. The highest BCUT2D eigenvalue weighted by molar-refractivity contribution is 7.91. The average molecular weight is 329 g/mol. The molecule has 22 heavy (non-hydrogen) atoms. The lowest BCUT2D eigenvalue weighted by Gasteiger charge is -2.23. The second-order valence-electron chi connectivity index (χ2n) is 4.91. The van der Waals surface area contributed by atoms with Crippen LogP contribution in [0.4, 0.5) is 4.39 Å². The number of hydrogen-bond acceptors (Lipinski definition) is 5. The largest absolute Gasteiger partial charge is 0.478 e. The average Bonchev–Trinajstić information content (AvgIpc) is 2.43. The van der Waals surface area contributed by atoms with Gasteiger partial charge < -0.3 is 5.11 Å². The zero-order valence-electron chi connectivity index (χ0n) is 12.1. The highest BCUT2D eigenvalue weighted by Gasteiger charge is 2.30.